The molecule has 1 amide bonds. The fraction of sp³-hybridized carbons (Fsp3) is 0.235. The molecule has 1 aliphatic rings. The predicted octanol–water partition coefficient (Wildman–Crippen LogP) is 4.18. The van der Waals surface area contributed by atoms with Crippen molar-refractivity contribution in [1.82, 2.24) is 0 Å². The van der Waals surface area contributed by atoms with Crippen molar-refractivity contribution in [2.24, 2.45) is 0 Å². The van der Waals surface area contributed by atoms with E-state index in [2.05, 4.69) is 5.32 Å². The van der Waals surface area contributed by atoms with Crippen LogP contribution in [-0.2, 0) is 21.0 Å². The molecule has 0 saturated heterocycles. The van der Waals surface area contributed by atoms with Crippen molar-refractivity contribution in [2.75, 3.05) is 22.4 Å². The second kappa shape index (κ2) is 7.58. The van der Waals surface area contributed by atoms with E-state index in [0.29, 0.717) is 6.07 Å². The molecule has 1 heterocycles. The van der Waals surface area contributed by atoms with Gasteiger partial charge in [-0.25, -0.2) is 8.42 Å². The third kappa shape index (κ3) is 4.71. The van der Waals surface area contributed by atoms with Gasteiger partial charge in [-0.2, -0.15) is 13.2 Å². The van der Waals surface area contributed by atoms with Crippen molar-refractivity contribution in [2.45, 2.75) is 12.3 Å². The van der Waals surface area contributed by atoms with E-state index >= 15 is 0 Å². The lowest BCUT2D eigenvalue weighted by Crippen LogP contribution is -2.48. The first kappa shape index (κ1) is 21.5. The molecule has 0 radical (unpaired) electrons. The molecule has 6 nitrogen and oxygen atoms in total. The highest BCUT2D eigenvalue weighted by molar-refractivity contribution is 7.92. The Hall–Kier alpha value is -2.17. The van der Waals surface area contributed by atoms with Crippen LogP contribution in [0.2, 0.25) is 10.0 Å². The van der Waals surface area contributed by atoms with Crippen LogP contribution in [0.15, 0.2) is 36.4 Å². The molecule has 2 aromatic rings. The zero-order valence-electron chi connectivity index (χ0n) is 14.6. The Bertz CT molecular complexity index is 1080. The van der Waals surface area contributed by atoms with Gasteiger partial charge in [0.05, 0.1) is 29.7 Å². The standard InChI is InChI=1S/C17H13Cl2F3N2O4S/c1-29(26,27)24-8-15(28-14-5-3-10(19)7-13(14)24)16(25)23-12-4-2-9(18)6-11(12)17(20,21)22/h2-7,15H,8H2,1H3,(H,23,25)/t15-/m0/s1. The molecule has 156 valence electrons. The molecular formula is C17H13Cl2F3N2O4S. The van der Waals surface area contributed by atoms with Crippen LogP contribution in [-0.4, -0.2) is 33.2 Å². The molecule has 0 fully saturated rings. The number of hydrogen-bond donors (Lipinski definition) is 1. The Morgan fingerprint density at radius 3 is 2.41 bits per heavy atom. The number of alkyl halides is 3. The third-order valence-corrected chi connectivity index (χ3v) is 5.64. The first-order valence-corrected chi connectivity index (χ1v) is 10.6. The van der Waals surface area contributed by atoms with Crippen LogP contribution in [0.4, 0.5) is 24.5 Å². The third-order valence-electron chi connectivity index (χ3n) is 4.03. The minimum absolute atomic E-state index is 0.0541. The molecule has 2 aromatic carbocycles. The van der Waals surface area contributed by atoms with E-state index < -0.39 is 46.0 Å². The fourth-order valence-electron chi connectivity index (χ4n) is 2.75. The molecule has 29 heavy (non-hydrogen) atoms. The summed E-state index contributed by atoms with van der Waals surface area (Å²) < 4.78 is 70.4. The van der Waals surface area contributed by atoms with E-state index in [-0.39, 0.29) is 21.5 Å². The molecule has 0 aliphatic carbocycles. The van der Waals surface area contributed by atoms with Crippen molar-refractivity contribution < 1.29 is 31.1 Å². The SMILES string of the molecule is CS(=O)(=O)N1C[C@@H](C(=O)Nc2ccc(Cl)cc2C(F)(F)F)Oc2ccc(Cl)cc21. The van der Waals surface area contributed by atoms with Gasteiger partial charge < -0.3 is 10.1 Å². The zero-order valence-corrected chi connectivity index (χ0v) is 17.0. The minimum atomic E-state index is -4.76. The van der Waals surface area contributed by atoms with Gasteiger partial charge in [0.25, 0.3) is 5.91 Å². The Morgan fingerprint density at radius 2 is 1.79 bits per heavy atom. The summed E-state index contributed by atoms with van der Waals surface area (Å²) in [6, 6.07) is 7.04. The highest BCUT2D eigenvalue weighted by Gasteiger charge is 2.38. The normalized spacial score (nSPS) is 16.8. The largest absolute Gasteiger partial charge is 0.476 e. The van der Waals surface area contributed by atoms with Crippen molar-refractivity contribution in [1.29, 1.82) is 0 Å². The topological polar surface area (TPSA) is 75.7 Å². The molecule has 1 aliphatic heterocycles. The number of nitrogens with zero attached hydrogens (tertiary/aromatic N) is 1. The predicted molar refractivity (Wildman–Crippen MR) is 103 cm³/mol. The van der Waals surface area contributed by atoms with Gasteiger partial charge in [0.1, 0.15) is 5.75 Å². The number of carbonyl (C=O) groups excluding carboxylic acids is 1. The molecule has 3 rings (SSSR count). The van der Waals surface area contributed by atoms with Gasteiger partial charge in [0.15, 0.2) is 6.10 Å². The van der Waals surface area contributed by atoms with E-state index in [1.54, 1.807) is 0 Å². The first-order chi connectivity index (χ1) is 13.4. The number of amides is 1. The minimum Gasteiger partial charge on any atom is -0.476 e. The second-order valence-electron chi connectivity index (χ2n) is 6.19. The summed E-state index contributed by atoms with van der Waals surface area (Å²) in [6.45, 7) is -0.438. The number of sulfonamides is 1. The van der Waals surface area contributed by atoms with E-state index in [1.165, 1.54) is 24.3 Å². The van der Waals surface area contributed by atoms with E-state index in [1.807, 2.05) is 0 Å². The van der Waals surface area contributed by atoms with Crippen LogP contribution < -0.4 is 14.4 Å². The van der Waals surface area contributed by atoms with E-state index in [0.717, 1.165) is 16.6 Å². The lowest BCUT2D eigenvalue weighted by Gasteiger charge is -2.34. The molecular weight excluding hydrogens is 456 g/mol. The highest BCUT2D eigenvalue weighted by atomic mass is 35.5. The molecule has 1 N–H and O–H groups in total. The summed E-state index contributed by atoms with van der Waals surface area (Å²) in [4.78, 5) is 12.6. The van der Waals surface area contributed by atoms with Crippen LogP contribution in [0.3, 0.4) is 0 Å². The van der Waals surface area contributed by atoms with E-state index in [9.17, 15) is 26.4 Å². The van der Waals surface area contributed by atoms with Gasteiger partial charge in [0, 0.05) is 10.0 Å². The number of ether oxygens (including phenoxy) is 1. The smallest absolute Gasteiger partial charge is 0.418 e. The summed E-state index contributed by atoms with van der Waals surface area (Å²) in [6.07, 6.45) is -5.22. The number of nitrogens with one attached hydrogen (secondary N) is 1. The lowest BCUT2D eigenvalue weighted by molar-refractivity contribution is -0.137. The van der Waals surface area contributed by atoms with Gasteiger partial charge >= 0.3 is 6.18 Å². The average Bonchev–Trinajstić information content (AvgIpc) is 2.60. The number of hydrogen-bond acceptors (Lipinski definition) is 4. The molecule has 0 spiro atoms. The zero-order chi connectivity index (χ0) is 21.6. The molecule has 0 saturated carbocycles. The Balaban J connectivity index is 1.93. The van der Waals surface area contributed by atoms with Crippen molar-refractivity contribution in [3.8, 4) is 5.75 Å². The maximum atomic E-state index is 13.2. The van der Waals surface area contributed by atoms with Crippen molar-refractivity contribution >= 4 is 50.5 Å². The van der Waals surface area contributed by atoms with Crippen LogP contribution in [0.25, 0.3) is 0 Å². The Kier molecular flexibility index (Phi) is 5.63. The molecule has 1 atom stereocenters. The highest BCUT2D eigenvalue weighted by Crippen LogP contribution is 2.39. The number of fused-ring (bicyclic) bond motifs is 1. The summed E-state index contributed by atoms with van der Waals surface area (Å²) in [7, 11) is -3.82. The van der Waals surface area contributed by atoms with Gasteiger partial charge in [-0.15, -0.1) is 0 Å². The maximum Gasteiger partial charge on any atom is 0.418 e. The summed E-state index contributed by atoms with van der Waals surface area (Å²) in [5.41, 5.74) is -1.53. The molecule has 0 aromatic heterocycles. The van der Waals surface area contributed by atoms with Gasteiger partial charge in [-0.1, -0.05) is 23.2 Å². The summed E-state index contributed by atoms with van der Waals surface area (Å²) in [5, 5.41) is 2.23. The second-order valence-corrected chi connectivity index (χ2v) is 8.97. The van der Waals surface area contributed by atoms with Gasteiger partial charge in [-0.05, 0) is 36.4 Å². The van der Waals surface area contributed by atoms with Crippen LogP contribution in [0.5, 0.6) is 5.75 Å². The maximum absolute atomic E-state index is 13.2. The number of carbonyl (C=O) groups is 1. The molecule has 0 unspecified atom stereocenters. The number of benzene rings is 2. The van der Waals surface area contributed by atoms with Crippen LogP contribution >= 0.6 is 23.2 Å². The van der Waals surface area contributed by atoms with Crippen LogP contribution in [0, 0.1) is 0 Å². The molecule has 0 bridgehead atoms. The monoisotopic (exact) mass is 468 g/mol. The molecule has 12 heteroatoms. The summed E-state index contributed by atoms with van der Waals surface area (Å²) >= 11 is 11.5. The van der Waals surface area contributed by atoms with Crippen molar-refractivity contribution in [3.05, 3.63) is 52.0 Å². The quantitative estimate of drug-likeness (QED) is 0.732. The number of halogens is 5. The average molecular weight is 469 g/mol. The number of anilines is 2. The fourth-order valence-corrected chi connectivity index (χ4v) is 3.99. The van der Waals surface area contributed by atoms with Gasteiger partial charge in [-0.3, -0.25) is 9.10 Å². The lowest BCUT2D eigenvalue weighted by atomic mass is 10.1. The Labute approximate surface area is 174 Å². The summed E-state index contributed by atoms with van der Waals surface area (Å²) in [5.74, 6) is -0.898. The van der Waals surface area contributed by atoms with Crippen LogP contribution in [0.1, 0.15) is 5.56 Å². The van der Waals surface area contributed by atoms with Crippen molar-refractivity contribution in [3.63, 3.8) is 0 Å². The first-order valence-electron chi connectivity index (χ1n) is 7.98. The Morgan fingerprint density at radius 1 is 1.17 bits per heavy atom. The van der Waals surface area contributed by atoms with Gasteiger partial charge in [0.2, 0.25) is 10.0 Å². The van der Waals surface area contributed by atoms with E-state index in [4.69, 9.17) is 27.9 Å². The number of rotatable bonds is 3.